The van der Waals surface area contributed by atoms with Crippen molar-refractivity contribution >= 4 is 24.0 Å². The molecule has 130 valence electrons. The first-order chi connectivity index (χ1) is 11.2. The molecule has 1 aromatic heterocycles. The summed E-state index contributed by atoms with van der Waals surface area (Å²) in [6, 6.07) is 7.23. The number of rotatable bonds is 4. The predicted octanol–water partition coefficient (Wildman–Crippen LogP) is 2.75. The van der Waals surface area contributed by atoms with Gasteiger partial charge in [-0.25, -0.2) is 0 Å². The SMILES string of the molecule is CCc1ccc(O)c(NC(=O)c2ccn(C3CCCNC3)n2)c1.Cl. The van der Waals surface area contributed by atoms with E-state index in [0.717, 1.165) is 37.9 Å². The van der Waals surface area contributed by atoms with Crippen LogP contribution in [0.25, 0.3) is 0 Å². The Kier molecular flexibility index (Phi) is 6.23. The summed E-state index contributed by atoms with van der Waals surface area (Å²) in [6.07, 6.45) is 4.86. The number of aryl methyl sites for hydroxylation is 1. The molecule has 2 aromatic rings. The average Bonchev–Trinajstić information content (AvgIpc) is 3.08. The second-order valence-corrected chi connectivity index (χ2v) is 5.84. The van der Waals surface area contributed by atoms with Crippen LogP contribution in [0.15, 0.2) is 30.5 Å². The van der Waals surface area contributed by atoms with Crippen LogP contribution < -0.4 is 10.6 Å². The third-order valence-electron chi connectivity index (χ3n) is 4.20. The second kappa shape index (κ2) is 8.17. The zero-order valence-electron chi connectivity index (χ0n) is 13.7. The van der Waals surface area contributed by atoms with Gasteiger partial charge in [0.2, 0.25) is 0 Å². The van der Waals surface area contributed by atoms with Crippen molar-refractivity contribution in [3.63, 3.8) is 0 Å². The molecular weight excluding hydrogens is 328 g/mol. The Bertz CT molecular complexity index is 696. The Labute approximate surface area is 147 Å². The number of anilines is 1. The second-order valence-electron chi connectivity index (χ2n) is 5.84. The highest BCUT2D eigenvalue weighted by Gasteiger charge is 2.18. The van der Waals surface area contributed by atoms with Gasteiger partial charge in [-0.2, -0.15) is 5.10 Å². The molecular formula is C17H23ClN4O2. The number of hydrogen-bond donors (Lipinski definition) is 3. The molecule has 1 fully saturated rings. The molecule has 7 heteroatoms. The summed E-state index contributed by atoms with van der Waals surface area (Å²) in [4.78, 5) is 12.3. The monoisotopic (exact) mass is 350 g/mol. The fraction of sp³-hybridized carbons (Fsp3) is 0.412. The lowest BCUT2D eigenvalue weighted by Crippen LogP contribution is -2.32. The van der Waals surface area contributed by atoms with E-state index >= 15 is 0 Å². The molecule has 3 N–H and O–H groups in total. The van der Waals surface area contributed by atoms with Gasteiger partial charge in [0, 0.05) is 12.7 Å². The third-order valence-corrected chi connectivity index (χ3v) is 4.20. The Balaban J connectivity index is 0.00000208. The zero-order chi connectivity index (χ0) is 16.2. The van der Waals surface area contributed by atoms with Crippen LogP contribution in [-0.2, 0) is 6.42 Å². The van der Waals surface area contributed by atoms with Gasteiger partial charge in [-0.1, -0.05) is 13.0 Å². The number of phenolic OH excluding ortho intramolecular Hbond substituents is 1. The van der Waals surface area contributed by atoms with Crippen LogP contribution in [-0.4, -0.2) is 33.9 Å². The fourth-order valence-corrected chi connectivity index (χ4v) is 2.81. The fourth-order valence-electron chi connectivity index (χ4n) is 2.81. The van der Waals surface area contributed by atoms with Gasteiger partial charge >= 0.3 is 0 Å². The molecule has 1 saturated heterocycles. The number of carbonyl (C=O) groups excluding carboxylic acids is 1. The number of nitrogens with zero attached hydrogens (tertiary/aromatic N) is 2. The smallest absolute Gasteiger partial charge is 0.276 e. The molecule has 0 saturated carbocycles. The molecule has 0 bridgehead atoms. The van der Waals surface area contributed by atoms with Gasteiger partial charge in [0.25, 0.3) is 5.91 Å². The van der Waals surface area contributed by atoms with Crippen molar-refractivity contribution in [3.05, 3.63) is 41.7 Å². The van der Waals surface area contributed by atoms with Gasteiger partial charge in [-0.15, -0.1) is 12.4 Å². The van der Waals surface area contributed by atoms with E-state index in [-0.39, 0.29) is 24.1 Å². The number of aromatic nitrogens is 2. The molecule has 6 nitrogen and oxygen atoms in total. The molecule has 1 unspecified atom stereocenters. The first kappa shape index (κ1) is 18.3. The maximum absolute atomic E-state index is 12.3. The van der Waals surface area contributed by atoms with Crippen molar-refractivity contribution < 1.29 is 9.90 Å². The highest BCUT2D eigenvalue weighted by atomic mass is 35.5. The van der Waals surface area contributed by atoms with Crippen molar-refractivity contribution in [3.8, 4) is 5.75 Å². The number of carbonyl (C=O) groups is 1. The van der Waals surface area contributed by atoms with E-state index in [1.165, 1.54) is 0 Å². The van der Waals surface area contributed by atoms with Crippen LogP contribution >= 0.6 is 12.4 Å². The first-order valence-electron chi connectivity index (χ1n) is 8.06. The van der Waals surface area contributed by atoms with E-state index in [9.17, 15) is 9.90 Å². The quantitative estimate of drug-likeness (QED) is 0.741. The number of amides is 1. The lowest BCUT2D eigenvalue weighted by Gasteiger charge is -2.22. The van der Waals surface area contributed by atoms with Gasteiger partial charge in [-0.05, 0) is 49.6 Å². The van der Waals surface area contributed by atoms with E-state index in [1.807, 2.05) is 23.9 Å². The first-order valence-corrected chi connectivity index (χ1v) is 8.06. The number of hydrogen-bond acceptors (Lipinski definition) is 4. The van der Waals surface area contributed by atoms with Gasteiger partial charge in [-0.3, -0.25) is 9.48 Å². The highest BCUT2D eigenvalue weighted by Crippen LogP contribution is 2.25. The number of nitrogens with one attached hydrogen (secondary N) is 2. The van der Waals surface area contributed by atoms with Crippen molar-refractivity contribution in [1.82, 2.24) is 15.1 Å². The minimum Gasteiger partial charge on any atom is -0.506 e. The molecule has 1 aliphatic rings. The lowest BCUT2D eigenvalue weighted by molar-refractivity contribution is 0.102. The molecule has 1 aliphatic heterocycles. The van der Waals surface area contributed by atoms with Crippen molar-refractivity contribution in [2.45, 2.75) is 32.2 Å². The summed E-state index contributed by atoms with van der Waals surface area (Å²) in [7, 11) is 0. The van der Waals surface area contributed by atoms with Gasteiger partial charge < -0.3 is 15.7 Å². The molecule has 0 aliphatic carbocycles. The van der Waals surface area contributed by atoms with E-state index in [1.54, 1.807) is 18.2 Å². The van der Waals surface area contributed by atoms with Crippen molar-refractivity contribution in [2.24, 2.45) is 0 Å². The van der Waals surface area contributed by atoms with E-state index in [2.05, 4.69) is 15.7 Å². The Morgan fingerprint density at radius 2 is 2.29 bits per heavy atom. The number of aromatic hydroxyl groups is 1. The number of benzene rings is 1. The molecule has 1 amide bonds. The largest absolute Gasteiger partial charge is 0.506 e. The number of halogens is 1. The van der Waals surface area contributed by atoms with Crippen molar-refractivity contribution in [1.29, 1.82) is 0 Å². The van der Waals surface area contributed by atoms with Crippen LogP contribution in [0.4, 0.5) is 5.69 Å². The molecule has 24 heavy (non-hydrogen) atoms. The van der Waals surface area contributed by atoms with Crippen LogP contribution in [0.5, 0.6) is 5.75 Å². The normalized spacial score (nSPS) is 17.1. The topological polar surface area (TPSA) is 79.2 Å². The molecule has 1 aromatic carbocycles. The maximum Gasteiger partial charge on any atom is 0.276 e. The maximum atomic E-state index is 12.3. The molecule has 2 heterocycles. The number of piperidine rings is 1. The minimum absolute atomic E-state index is 0. The summed E-state index contributed by atoms with van der Waals surface area (Å²) >= 11 is 0. The van der Waals surface area contributed by atoms with Crippen LogP contribution in [0, 0.1) is 0 Å². The third kappa shape index (κ3) is 4.07. The Morgan fingerprint density at radius 3 is 3.00 bits per heavy atom. The molecule has 1 atom stereocenters. The van der Waals surface area contributed by atoms with Gasteiger partial charge in [0.15, 0.2) is 5.69 Å². The zero-order valence-corrected chi connectivity index (χ0v) is 14.5. The summed E-state index contributed by atoms with van der Waals surface area (Å²) in [5, 5.41) is 20.3. The standard InChI is InChI=1S/C17H22N4O2.ClH/c1-2-12-5-6-16(22)15(10-12)19-17(23)14-7-9-21(20-14)13-4-3-8-18-11-13;/h5-7,9-10,13,18,22H,2-4,8,11H2,1H3,(H,19,23);1H. The summed E-state index contributed by atoms with van der Waals surface area (Å²) in [5.41, 5.74) is 1.83. The van der Waals surface area contributed by atoms with Crippen LogP contribution in [0.1, 0.15) is 41.9 Å². The summed E-state index contributed by atoms with van der Waals surface area (Å²) < 4.78 is 1.85. The summed E-state index contributed by atoms with van der Waals surface area (Å²) in [6.45, 7) is 3.94. The lowest BCUT2D eigenvalue weighted by atomic mass is 10.1. The van der Waals surface area contributed by atoms with Crippen LogP contribution in [0.3, 0.4) is 0 Å². The van der Waals surface area contributed by atoms with Gasteiger partial charge in [0.1, 0.15) is 5.75 Å². The average molecular weight is 351 g/mol. The Morgan fingerprint density at radius 1 is 1.46 bits per heavy atom. The summed E-state index contributed by atoms with van der Waals surface area (Å²) in [5.74, 6) is -0.248. The van der Waals surface area contributed by atoms with E-state index < -0.39 is 0 Å². The van der Waals surface area contributed by atoms with Crippen molar-refractivity contribution in [2.75, 3.05) is 18.4 Å². The highest BCUT2D eigenvalue weighted by molar-refractivity contribution is 6.03. The number of phenols is 1. The minimum atomic E-state index is -0.309. The molecule has 0 radical (unpaired) electrons. The molecule has 0 spiro atoms. The van der Waals surface area contributed by atoms with Crippen LogP contribution in [0.2, 0.25) is 0 Å². The van der Waals surface area contributed by atoms with E-state index in [0.29, 0.717) is 17.4 Å². The molecule has 3 rings (SSSR count). The van der Waals surface area contributed by atoms with E-state index in [4.69, 9.17) is 0 Å². The predicted molar refractivity (Wildman–Crippen MR) is 96.1 cm³/mol. The van der Waals surface area contributed by atoms with Gasteiger partial charge in [0.05, 0.1) is 11.7 Å². The Hall–Kier alpha value is -2.05.